The van der Waals surface area contributed by atoms with E-state index in [9.17, 15) is 0 Å². The summed E-state index contributed by atoms with van der Waals surface area (Å²) in [6.07, 6.45) is 10.0. The fraction of sp³-hybridized carbons (Fsp3) is 0.553. The van der Waals surface area contributed by atoms with Crippen LogP contribution in [0.5, 0.6) is 17.2 Å². The summed E-state index contributed by atoms with van der Waals surface area (Å²) in [5, 5.41) is 8.99. The van der Waals surface area contributed by atoms with E-state index in [4.69, 9.17) is 48.7 Å². The van der Waals surface area contributed by atoms with Gasteiger partial charge in [-0.15, -0.1) is 5.10 Å². The summed E-state index contributed by atoms with van der Waals surface area (Å²) in [7, 11) is 4.69. The van der Waals surface area contributed by atoms with Gasteiger partial charge in [0.05, 0.1) is 39.2 Å². The third-order valence-electron chi connectivity index (χ3n) is 11.0. The van der Waals surface area contributed by atoms with Gasteiger partial charge in [-0.05, 0) is 70.1 Å². The van der Waals surface area contributed by atoms with Crippen LogP contribution < -0.4 is 19.5 Å². The zero-order chi connectivity index (χ0) is 35.8. The third-order valence-corrected chi connectivity index (χ3v) is 11.0. The predicted octanol–water partition coefficient (Wildman–Crippen LogP) is 6.14. The molecule has 52 heavy (non-hydrogen) atoms. The van der Waals surface area contributed by atoms with Crippen LogP contribution in [-0.4, -0.2) is 95.6 Å². The van der Waals surface area contributed by atoms with Crippen molar-refractivity contribution >= 4 is 34.5 Å². The standard InChI is InChI=1S/C38H47FN8O5/c1-22-11-12-24(21-46(22)33-20-40-36(43-33)26-8-7-9-30(26)52-34-10-5-6-15-51-34)35-44-37-27-17-28(39)32(50-4)18-29(27)42-38(47(37)45-35)41-19-23-13-14-25(48-2)16-31(23)49-3/h13-14,16-18,20,22,24,26,30,34,36H,5-12,15,19,21H2,1-4H3,(H,41,42). The number of nitrogens with zero attached hydrogens (tertiary/aromatic N) is 7. The number of anilines is 1. The molecule has 4 aliphatic rings. The maximum atomic E-state index is 15.1. The van der Waals surface area contributed by atoms with Crippen molar-refractivity contribution in [2.75, 3.05) is 39.8 Å². The molecule has 3 fully saturated rings. The molecule has 3 aliphatic heterocycles. The van der Waals surface area contributed by atoms with Crippen molar-refractivity contribution < 1.29 is 28.1 Å². The molecule has 0 radical (unpaired) electrons. The van der Waals surface area contributed by atoms with Gasteiger partial charge in [0.15, 0.2) is 29.3 Å². The molecule has 6 unspecified atom stereocenters. The normalized spacial score (nSPS) is 26.2. The molecule has 2 saturated heterocycles. The van der Waals surface area contributed by atoms with Gasteiger partial charge in [0.1, 0.15) is 23.5 Å². The number of halogens is 1. The van der Waals surface area contributed by atoms with E-state index in [-0.39, 0.29) is 42.2 Å². The Kier molecular flexibility index (Phi) is 9.84. The number of aliphatic imine (C=N–C) groups is 2. The van der Waals surface area contributed by atoms with E-state index in [2.05, 4.69) is 17.1 Å². The third kappa shape index (κ3) is 6.73. The fourth-order valence-electron chi connectivity index (χ4n) is 8.06. The van der Waals surface area contributed by atoms with Gasteiger partial charge in [-0.25, -0.2) is 19.4 Å². The summed E-state index contributed by atoms with van der Waals surface area (Å²) in [6, 6.07) is 8.96. The predicted molar refractivity (Wildman–Crippen MR) is 195 cm³/mol. The minimum Gasteiger partial charge on any atom is -0.497 e. The molecule has 13 nitrogen and oxygen atoms in total. The number of hydrogen-bond donors (Lipinski definition) is 1. The molecule has 1 saturated carbocycles. The number of piperidine rings is 1. The first-order valence-corrected chi connectivity index (χ1v) is 18.5. The number of rotatable bonds is 10. The van der Waals surface area contributed by atoms with Crippen LogP contribution >= 0.6 is 0 Å². The quantitative estimate of drug-likeness (QED) is 0.205. The molecule has 0 spiro atoms. The number of fused-ring (bicyclic) bond motifs is 3. The summed E-state index contributed by atoms with van der Waals surface area (Å²) < 4.78 is 45.4. The van der Waals surface area contributed by atoms with Crippen LogP contribution in [-0.2, 0) is 16.0 Å². The highest BCUT2D eigenvalue weighted by molar-refractivity contribution is 6.30. The molecule has 276 valence electrons. The first-order chi connectivity index (χ1) is 25.4. The van der Waals surface area contributed by atoms with Crippen LogP contribution in [0, 0.1) is 11.7 Å². The van der Waals surface area contributed by atoms with Crippen LogP contribution in [0.2, 0.25) is 0 Å². The van der Waals surface area contributed by atoms with Crippen molar-refractivity contribution in [2.24, 2.45) is 15.9 Å². The highest BCUT2D eigenvalue weighted by Gasteiger charge is 2.39. The number of methoxy groups -OCH3 is 3. The second-order valence-corrected chi connectivity index (χ2v) is 14.2. The van der Waals surface area contributed by atoms with E-state index in [1.807, 2.05) is 24.4 Å². The van der Waals surface area contributed by atoms with E-state index in [0.29, 0.717) is 52.9 Å². The van der Waals surface area contributed by atoms with E-state index in [1.54, 1.807) is 24.8 Å². The molecule has 5 heterocycles. The van der Waals surface area contributed by atoms with Gasteiger partial charge in [0.25, 0.3) is 0 Å². The first-order valence-electron chi connectivity index (χ1n) is 18.5. The van der Waals surface area contributed by atoms with Crippen molar-refractivity contribution in [1.29, 1.82) is 0 Å². The number of amidine groups is 1. The molecule has 4 aromatic rings. The van der Waals surface area contributed by atoms with Crippen LogP contribution in [0.3, 0.4) is 0 Å². The van der Waals surface area contributed by atoms with Crippen LogP contribution in [0.25, 0.3) is 16.6 Å². The zero-order valence-corrected chi connectivity index (χ0v) is 30.3. The molecular weight excluding hydrogens is 667 g/mol. The monoisotopic (exact) mass is 714 g/mol. The largest absolute Gasteiger partial charge is 0.497 e. The molecule has 1 aliphatic carbocycles. The van der Waals surface area contributed by atoms with Gasteiger partial charge in [-0.2, -0.15) is 4.52 Å². The molecule has 1 N–H and O–H groups in total. The van der Waals surface area contributed by atoms with Gasteiger partial charge < -0.3 is 33.9 Å². The van der Waals surface area contributed by atoms with Crippen molar-refractivity contribution in [2.45, 2.75) is 95.4 Å². The Hall–Kier alpha value is -4.56. The number of ether oxygens (including phenoxy) is 5. The molecule has 0 bridgehead atoms. The second kappa shape index (κ2) is 14.8. The van der Waals surface area contributed by atoms with Gasteiger partial charge in [0.2, 0.25) is 5.95 Å². The summed E-state index contributed by atoms with van der Waals surface area (Å²) >= 11 is 0. The minimum atomic E-state index is -0.487. The molecule has 8 rings (SSSR count). The Morgan fingerprint density at radius 2 is 1.83 bits per heavy atom. The Labute approximate surface area is 302 Å². The molecule has 6 atom stereocenters. The molecular formula is C38H47FN8O5. The number of nitrogens with one attached hydrogen (secondary N) is 1. The minimum absolute atomic E-state index is 0.0185. The lowest BCUT2D eigenvalue weighted by Gasteiger charge is -2.37. The van der Waals surface area contributed by atoms with Crippen LogP contribution in [0.1, 0.15) is 75.6 Å². The van der Waals surface area contributed by atoms with E-state index >= 15 is 4.39 Å². The van der Waals surface area contributed by atoms with Gasteiger partial charge in [-0.3, -0.25) is 4.99 Å². The van der Waals surface area contributed by atoms with Crippen molar-refractivity contribution in [1.82, 2.24) is 24.5 Å². The Balaban J connectivity index is 1.06. The SMILES string of the molecule is COc1ccc(CNc2nc3cc(OC)c(F)cc3c3nc(C4CCC(C)N(C5=NC(C6CCCC6OC6CCCCO6)N=C5)C4)nn23)c(OC)c1. The second-order valence-electron chi connectivity index (χ2n) is 14.2. The summed E-state index contributed by atoms with van der Waals surface area (Å²) in [5.74, 6) is 3.32. The van der Waals surface area contributed by atoms with Crippen LogP contribution in [0.15, 0.2) is 40.3 Å². The lowest BCUT2D eigenvalue weighted by molar-refractivity contribution is -0.195. The number of likely N-dealkylation sites (tertiary alicyclic amines) is 1. The zero-order valence-electron chi connectivity index (χ0n) is 30.3. The maximum absolute atomic E-state index is 15.1. The van der Waals surface area contributed by atoms with E-state index in [1.165, 1.54) is 13.2 Å². The highest BCUT2D eigenvalue weighted by Crippen LogP contribution is 2.37. The molecule has 2 aromatic heterocycles. The molecule has 2 aromatic carbocycles. The summed E-state index contributed by atoms with van der Waals surface area (Å²) in [5.41, 5.74) is 1.96. The fourth-order valence-corrected chi connectivity index (χ4v) is 8.06. The first kappa shape index (κ1) is 34.5. The summed E-state index contributed by atoms with van der Waals surface area (Å²) in [4.78, 5) is 22.4. The smallest absolute Gasteiger partial charge is 0.226 e. The number of aromatic nitrogens is 4. The maximum Gasteiger partial charge on any atom is 0.226 e. The topological polar surface area (TPSA) is 129 Å². The van der Waals surface area contributed by atoms with Crippen molar-refractivity contribution in [3.8, 4) is 17.2 Å². The van der Waals surface area contributed by atoms with E-state index in [0.717, 1.165) is 69.4 Å². The van der Waals surface area contributed by atoms with Gasteiger partial charge in [0, 0.05) is 60.7 Å². The van der Waals surface area contributed by atoms with Crippen LogP contribution in [0.4, 0.5) is 10.3 Å². The number of hydrogen-bond acceptors (Lipinski definition) is 12. The lowest BCUT2D eigenvalue weighted by atomic mass is 9.92. The average molecular weight is 715 g/mol. The van der Waals surface area contributed by atoms with Gasteiger partial charge >= 0.3 is 0 Å². The Morgan fingerprint density at radius 3 is 2.63 bits per heavy atom. The Morgan fingerprint density at radius 1 is 0.942 bits per heavy atom. The van der Waals surface area contributed by atoms with Crippen molar-refractivity contribution in [3.63, 3.8) is 0 Å². The summed E-state index contributed by atoms with van der Waals surface area (Å²) in [6.45, 7) is 4.09. The van der Waals surface area contributed by atoms with E-state index < -0.39 is 5.82 Å². The Bertz CT molecular complexity index is 1980. The average Bonchev–Trinajstić information content (AvgIpc) is 3.95. The molecule has 14 heteroatoms. The van der Waals surface area contributed by atoms with Crippen molar-refractivity contribution in [3.05, 3.63) is 47.5 Å². The highest BCUT2D eigenvalue weighted by atomic mass is 19.1. The number of benzene rings is 2. The lowest BCUT2D eigenvalue weighted by Crippen LogP contribution is -2.45. The molecule has 0 amide bonds. The van der Waals surface area contributed by atoms with Gasteiger partial charge in [-0.1, -0.05) is 6.42 Å².